The van der Waals surface area contributed by atoms with Crippen LogP contribution in [0.3, 0.4) is 0 Å². The molecule has 2 N–H and O–H groups in total. The molecule has 24 heavy (non-hydrogen) atoms. The monoisotopic (exact) mass is 367 g/mol. The number of thiazole rings is 1. The van der Waals surface area contributed by atoms with Crippen LogP contribution in [0.5, 0.6) is 0 Å². The van der Waals surface area contributed by atoms with Gasteiger partial charge in [-0.25, -0.2) is 9.78 Å². The average molecular weight is 367 g/mol. The predicted molar refractivity (Wildman–Crippen MR) is 91.3 cm³/mol. The molecule has 1 saturated carbocycles. The number of carbonyl (C=O) groups is 3. The average Bonchev–Trinajstić information content (AvgIpc) is 2.96. The minimum Gasteiger partial charge on any atom is -0.480 e. The minimum absolute atomic E-state index is 0.00347. The van der Waals surface area contributed by atoms with Gasteiger partial charge in [0.25, 0.3) is 0 Å². The Morgan fingerprint density at radius 2 is 2.17 bits per heavy atom. The van der Waals surface area contributed by atoms with Crippen molar-refractivity contribution in [2.75, 3.05) is 5.75 Å². The predicted octanol–water partition coefficient (Wildman–Crippen LogP) is 1.47. The first-order valence-corrected chi connectivity index (χ1v) is 9.42. The molecule has 3 rings (SSSR count). The summed E-state index contributed by atoms with van der Waals surface area (Å²) in [6.45, 7) is 2.15. The standard InChI is InChI=1S/C15H17N3O4S2/c1-15(2-3-15)10(19)4-11(20)16-5-12-17-8(6-23-12)13-18-9(7-24-13)14(21)22/h6,9H,2-5,7H2,1H3,(H,16,20)(H,21,22)/t9-/m0/s1. The van der Waals surface area contributed by atoms with E-state index in [1.165, 1.54) is 23.1 Å². The zero-order valence-electron chi connectivity index (χ0n) is 13.1. The number of nitrogens with zero attached hydrogens (tertiary/aromatic N) is 2. The van der Waals surface area contributed by atoms with E-state index in [4.69, 9.17) is 5.11 Å². The molecular weight excluding hydrogens is 350 g/mol. The number of ketones is 1. The summed E-state index contributed by atoms with van der Waals surface area (Å²) in [5.41, 5.74) is 0.351. The minimum atomic E-state index is -0.936. The van der Waals surface area contributed by atoms with Crippen molar-refractivity contribution in [1.29, 1.82) is 0 Å². The number of aliphatic imine (C=N–C) groups is 1. The summed E-state index contributed by atoms with van der Waals surface area (Å²) in [5, 5.41) is 14.8. The second-order valence-electron chi connectivity index (χ2n) is 6.16. The van der Waals surface area contributed by atoms with Crippen molar-refractivity contribution in [3.05, 3.63) is 16.1 Å². The summed E-state index contributed by atoms with van der Waals surface area (Å²) in [5.74, 6) is -0.816. The van der Waals surface area contributed by atoms with Crippen LogP contribution < -0.4 is 5.32 Å². The third kappa shape index (κ3) is 3.84. The molecule has 0 radical (unpaired) electrons. The number of hydrogen-bond donors (Lipinski definition) is 2. The number of thioether (sulfide) groups is 1. The van der Waals surface area contributed by atoms with E-state index in [1.807, 2.05) is 6.92 Å². The van der Waals surface area contributed by atoms with Crippen molar-refractivity contribution in [1.82, 2.24) is 10.3 Å². The van der Waals surface area contributed by atoms with Crippen LogP contribution in [0.25, 0.3) is 0 Å². The van der Waals surface area contributed by atoms with E-state index < -0.39 is 12.0 Å². The number of amides is 1. The van der Waals surface area contributed by atoms with E-state index in [0.717, 1.165) is 12.8 Å². The van der Waals surface area contributed by atoms with Crippen LogP contribution in [0.4, 0.5) is 0 Å². The van der Waals surface area contributed by atoms with E-state index >= 15 is 0 Å². The van der Waals surface area contributed by atoms with Crippen LogP contribution in [0.1, 0.15) is 36.9 Å². The van der Waals surface area contributed by atoms with E-state index in [9.17, 15) is 14.4 Å². The highest BCUT2D eigenvalue weighted by Crippen LogP contribution is 2.46. The largest absolute Gasteiger partial charge is 0.480 e. The number of hydrogen-bond acceptors (Lipinski definition) is 7. The van der Waals surface area contributed by atoms with Crippen molar-refractivity contribution in [3.8, 4) is 0 Å². The second kappa shape index (κ2) is 6.64. The third-order valence-electron chi connectivity index (χ3n) is 4.14. The molecule has 0 spiro atoms. The highest BCUT2D eigenvalue weighted by molar-refractivity contribution is 8.14. The van der Waals surface area contributed by atoms with Crippen molar-refractivity contribution in [2.45, 2.75) is 38.8 Å². The zero-order valence-corrected chi connectivity index (χ0v) is 14.7. The van der Waals surface area contributed by atoms with Crippen LogP contribution in [0.15, 0.2) is 10.4 Å². The van der Waals surface area contributed by atoms with Gasteiger partial charge in [0.1, 0.15) is 21.5 Å². The van der Waals surface area contributed by atoms with E-state index in [1.54, 1.807) is 5.38 Å². The maximum absolute atomic E-state index is 11.9. The number of Topliss-reactive ketones (excluding diaryl/α,β-unsaturated/α-hetero) is 1. The molecule has 1 aliphatic heterocycles. The summed E-state index contributed by atoms with van der Waals surface area (Å²) in [4.78, 5) is 43.1. The first-order chi connectivity index (χ1) is 11.4. The molecule has 9 heteroatoms. The molecule has 0 bridgehead atoms. The lowest BCUT2D eigenvalue weighted by Crippen LogP contribution is -2.27. The molecule has 1 aromatic rings. The van der Waals surface area contributed by atoms with Gasteiger partial charge in [-0.1, -0.05) is 6.92 Å². The lowest BCUT2D eigenvalue weighted by molar-refractivity contribution is -0.138. The quantitative estimate of drug-likeness (QED) is 0.706. The van der Waals surface area contributed by atoms with Crippen molar-refractivity contribution in [3.63, 3.8) is 0 Å². The van der Waals surface area contributed by atoms with Gasteiger partial charge in [-0.05, 0) is 12.8 Å². The molecule has 2 aliphatic rings. The number of rotatable bonds is 7. The second-order valence-corrected chi connectivity index (χ2v) is 8.11. The fourth-order valence-corrected chi connectivity index (χ4v) is 3.97. The maximum Gasteiger partial charge on any atom is 0.329 e. The summed E-state index contributed by atoms with van der Waals surface area (Å²) < 4.78 is 0. The third-order valence-corrected chi connectivity index (χ3v) is 6.06. The van der Waals surface area contributed by atoms with Crippen molar-refractivity contribution >= 4 is 45.8 Å². The molecule has 1 fully saturated rings. The van der Waals surface area contributed by atoms with Gasteiger partial charge in [-0.2, -0.15) is 0 Å². The van der Waals surface area contributed by atoms with Gasteiger partial charge >= 0.3 is 5.97 Å². The first-order valence-electron chi connectivity index (χ1n) is 7.55. The van der Waals surface area contributed by atoms with Gasteiger partial charge in [-0.3, -0.25) is 14.6 Å². The molecular formula is C15H17N3O4S2. The molecule has 1 aliphatic carbocycles. The van der Waals surface area contributed by atoms with Gasteiger partial charge in [-0.15, -0.1) is 23.1 Å². The Hall–Kier alpha value is -1.74. The normalized spacial score (nSPS) is 21.2. The smallest absolute Gasteiger partial charge is 0.329 e. The van der Waals surface area contributed by atoms with E-state index in [0.29, 0.717) is 21.5 Å². The zero-order chi connectivity index (χ0) is 17.3. The van der Waals surface area contributed by atoms with Gasteiger partial charge < -0.3 is 10.4 Å². The van der Waals surface area contributed by atoms with Gasteiger partial charge in [0.2, 0.25) is 5.91 Å². The molecule has 0 unspecified atom stereocenters. The number of carbonyl (C=O) groups excluding carboxylic acids is 2. The molecule has 1 amide bonds. The number of aliphatic carboxylic acids is 1. The van der Waals surface area contributed by atoms with Gasteiger partial charge in [0.15, 0.2) is 6.04 Å². The first kappa shape index (κ1) is 17.1. The number of carboxylic acids is 1. The Bertz CT molecular complexity index is 724. The van der Waals surface area contributed by atoms with E-state index in [2.05, 4.69) is 15.3 Å². The summed E-state index contributed by atoms with van der Waals surface area (Å²) >= 11 is 2.74. The lowest BCUT2D eigenvalue weighted by Gasteiger charge is -2.06. The summed E-state index contributed by atoms with van der Waals surface area (Å²) in [7, 11) is 0. The van der Waals surface area contributed by atoms with Gasteiger partial charge in [0.05, 0.1) is 13.0 Å². The highest BCUT2D eigenvalue weighted by atomic mass is 32.2. The SMILES string of the molecule is CC1(C(=O)CC(=O)NCc2nc(C3=N[C@H](C(=O)O)CS3)cs2)CC1. The summed E-state index contributed by atoms with van der Waals surface area (Å²) in [6, 6.07) is -0.718. The molecule has 1 atom stereocenters. The molecule has 2 heterocycles. The molecule has 128 valence electrons. The van der Waals surface area contributed by atoms with Crippen LogP contribution >= 0.6 is 23.1 Å². The fourth-order valence-electron chi connectivity index (χ4n) is 2.19. The van der Waals surface area contributed by atoms with Crippen molar-refractivity contribution in [2.24, 2.45) is 10.4 Å². The Labute approximate surface area is 147 Å². The number of aromatic nitrogens is 1. The Morgan fingerprint density at radius 3 is 2.79 bits per heavy atom. The van der Waals surface area contributed by atoms with Gasteiger partial charge in [0, 0.05) is 16.5 Å². The van der Waals surface area contributed by atoms with Crippen LogP contribution in [0, 0.1) is 5.41 Å². The number of carboxylic acid groups (broad SMARTS) is 1. The molecule has 0 saturated heterocycles. The molecule has 1 aromatic heterocycles. The van der Waals surface area contributed by atoms with Crippen molar-refractivity contribution < 1.29 is 19.5 Å². The van der Waals surface area contributed by atoms with Crippen LogP contribution in [0.2, 0.25) is 0 Å². The Balaban J connectivity index is 1.51. The molecule has 0 aromatic carbocycles. The fraction of sp³-hybridized carbons (Fsp3) is 0.533. The maximum atomic E-state index is 11.9. The van der Waals surface area contributed by atoms with Crippen LogP contribution in [-0.2, 0) is 20.9 Å². The van der Waals surface area contributed by atoms with E-state index in [-0.39, 0.29) is 30.1 Å². The highest BCUT2D eigenvalue weighted by Gasteiger charge is 2.44. The number of nitrogens with one attached hydrogen (secondary N) is 1. The van der Waals surface area contributed by atoms with Crippen LogP contribution in [-0.4, -0.2) is 44.6 Å². The summed E-state index contributed by atoms with van der Waals surface area (Å²) in [6.07, 6.45) is 1.65. The Morgan fingerprint density at radius 1 is 1.42 bits per heavy atom. The topological polar surface area (TPSA) is 109 Å². The molecule has 7 nitrogen and oxygen atoms in total. The Kier molecular flexibility index (Phi) is 4.73. The lowest BCUT2D eigenvalue weighted by atomic mass is 10.0.